The first-order valence-electron chi connectivity index (χ1n) is 9.21. The molecule has 1 aromatic carbocycles. The molecule has 4 aliphatic carbocycles. The third-order valence-corrected chi connectivity index (χ3v) is 7.07. The summed E-state index contributed by atoms with van der Waals surface area (Å²) >= 11 is 6.77. The van der Waals surface area contributed by atoms with Crippen molar-refractivity contribution >= 4 is 29.4 Å². The second-order valence-electron chi connectivity index (χ2n) is 8.54. The summed E-state index contributed by atoms with van der Waals surface area (Å²) in [7, 11) is 0. The summed E-state index contributed by atoms with van der Waals surface area (Å²) in [5.41, 5.74) is 0.191. The number of carbonyl (C=O) groups excluding carboxylic acids is 3. The van der Waals surface area contributed by atoms with Gasteiger partial charge in [0.2, 0.25) is 0 Å². The zero-order chi connectivity index (χ0) is 18.1. The van der Waals surface area contributed by atoms with Gasteiger partial charge in [0.15, 0.2) is 6.73 Å². The second-order valence-corrected chi connectivity index (χ2v) is 9.34. The minimum Gasteiger partial charge on any atom is -0.443 e. The Morgan fingerprint density at radius 3 is 2.19 bits per heavy atom. The van der Waals surface area contributed by atoms with Crippen LogP contribution in [0.3, 0.4) is 0 Å². The van der Waals surface area contributed by atoms with Crippen molar-refractivity contribution in [3.63, 3.8) is 0 Å². The molecule has 0 spiro atoms. The maximum absolute atomic E-state index is 13.0. The van der Waals surface area contributed by atoms with Crippen molar-refractivity contribution in [2.24, 2.45) is 17.3 Å². The summed E-state index contributed by atoms with van der Waals surface area (Å²) in [6.07, 6.45) is 5.41. The molecule has 0 saturated heterocycles. The van der Waals surface area contributed by atoms with Crippen LogP contribution in [0.25, 0.3) is 0 Å². The highest BCUT2D eigenvalue weighted by Gasteiger charge is 2.61. The minimum absolute atomic E-state index is 0.279. The molecule has 4 bridgehead atoms. The number of rotatable bonds is 3. The normalized spacial score (nSPS) is 37.2. The van der Waals surface area contributed by atoms with Gasteiger partial charge in [0.05, 0.1) is 16.5 Å². The van der Waals surface area contributed by atoms with Crippen molar-refractivity contribution in [2.45, 2.75) is 43.4 Å². The smallest absolute Gasteiger partial charge is 0.313 e. The molecule has 6 heteroatoms. The highest BCUT2D eigenvalue weighted by atomic mass is 35.5. The van der Waals surface area contributed by atoms with E-state index >= 15 is 0 Å². The molecule has 136 valence electrons. The maximum atomic E-state index is 13.0. The van der Waals surface area contributed by atoms with E-state index in [0.717, 1.165) is 37.0 Å². The van der Waals surface area contributed by atoms with Gasteiger partial charge in [0, 0.05) is 4.87 Å². The van der Waals surface area contributed by atoms with Crippen LogP contribution in [0.2, 0.25) is 0 Å². The summed E-state index contributed by atoms with van der Waals surface area (Å²) in [6, 6.07) is 6.67. The number of benzene rings is 1. The number of carbonyl (C=O) groups is 3. The van der Waals surface area contributed by atoms with Gasteiger partial charge in [-0.15, -0.1) is 11.6 Å². The van der Waals surface area contributed by atoms with Crippen LogP contribution < -0.4 is 0 Å². The van der Waals surface area contributed by atoms with Crippen LogP contribution in [0, 0.1) is 17.3 Å². The number of fused-ring (bicyclic) bond motifs is 1. The number of imide groups is 1. The number of hydrogen-bond acceptors (Lipinski definition) is 4. The number of ether oxygens (including phenoxy) is 1. The maximum Gasteiger partial charge on any atom is 0.313 e. The third-order valence-electron chi connectivity index (χ3n) is 6.63. The van der Waals surface area contributed by atoms with Crippen LogP contribution in [-0.4, -0.2) is 34.3 Å². The Hall–Kier alpha value is -1.88. The van der Waals surface area contributed by atoms with Crippen molar-refractivity contribution in [1.29, 1.82) is 0 Å². The number of esters is 1. The molecule has 0 radical (unpaired) electrons. The van der Waals surface area contributed by atoms with E-state index < -0.39 is 17.2 Å². The molecule has 5 aliphatic rings. The SMILES string of the molecule is O=C1c2ccccc2C(=O)N1COC(=O)C12C[C@H]3C[C@@H](CC(Cl)(C3)C1)C2. The monoisotopic (exact) mass is 373 g/mol. The van der Waals surface area contributed by atoms with Gasteiger partial charge >= 0.3 is 5.97 Å². The fraction of sp³-hybridized carbons (Fsp3) is 0.550. The quantitative estimate of drug-likeness (QED) is 0.463. The number of amides is 2. The standard InChI is InChI=1S/C20H20ClNO4/c21-20-8-12-5-13(9-20)7-19(6-12,10-20)18(25)26-11-22-16(23)14-3-1-2-4-15(14)17(22)24/h1-4,12-13H,5-11H2/t12-,13-,19?,20?/m1/s1. The number of hydrogen-bond donors (Lipinski definition) is 0. The van der Waals surface area contributed by atoms with Crippen molar-refractivity contribution in [1.82, 2.24) is 4.90 Å². The van der Waals surface area contributed by atoms with E-state index in [1.165, 1.54) is 0 Å². The minimum atomic E-state index is -0.537. The average Bonchev–Trinajstić information content (AvgIpc) is 2.82. The molecule has 1 aromatic rings. The summed E-state index contributed by atoms with van der Waals surface area (Å²) in [6.45, 7) is -0.322. The van der Waals surface area contributed by atoms with Crippen molar-refractivity contribution in [3.05, 3.63) is 35.4 Å². The molecular formula is C20H20ClNO4. The Bertz CT molecular complexity index is 786. The van der Waals surface area contributed by atoms with E-state index in [2.05, 4.69) is 0 Å². The van der Waals surface area contributed by atoms with Crippen LogP contribution in [0.4, 0.5) is 0 Å². The van der Waals surface area contributed by atoms with Crippen LogP contribution in [0.1, 0.15) is 59.2 Å². The lowest BCUT2D eigenvalue weighted by molar-refractivity contribution is -0.172. The molecule has 1 heterocycles. The predicted molar refractivity (Wildman–Crippen MR) is 93.6 cm³/mol. The molecule has 4 fully saturated rings. The van der Waals surface area contributed by atoms with Crippen LogP contribution in [0.15, 0.2) is 24.3 Å². The van der Waals surface area contributed by atoms with Gasteiger partial charge in [0.25, 0.3) is 11.8 Å². The molecular weight excluding hydrogens is 354 g/mol. The Balaban J connectivity index is 1.32. The molecule has 0 unspecified atom stereocenters. The van der Waals surface area contributed by atoms with E-state index in [4.69, 9.17) is 16.3 Å². The van der Waals surface area contributed by atoms with Crippen LogP contribution >= 0.6 is 11.6 Å². The van der Waals surface area contributed by atoms with Crippen molar-refractivity contribution in [2.75, 3.05) is 6.73 Å². The zero-order valence-electron chi connectivity index (χ0n) is 14.4. The fourth-order valence-electron chi connectivity index (χ4n) is 6.02. The van der Waals surface area contributed by atoms with Gasteiger partial charge in [0.1, 0.15) is 0 Å². The summed E-state index contributed by atoms with van der Waals surface area (Å²) < 4.78 is 5.51. The van der Waals surface area contributed by atoms with E-state index in [1.54, 1.807) is 24.3 Å². The van der Waals surface area contributed by atoms with Crippen LogP contribution in [0.5, 0.6) is 0 Å². The van der Waals surface area contributed by atoms with Crippen molar-refractivity contribution in [3.8, 4) is 0 Å². The largest absolute Gasteiger partial charge is 0.443 e. The average molecular weight is 374 g/mol. The first-order valence-corrected chi connectivity index (χ1v) is 9.58. The van der Waals surface area contributed by atoms with Gasteiger partial charge < -0.3 is 4.74 Å². The second kappa shape index (κ2) is 5.32. The van der Waals surface area contributed by atoms with E-state index in [9.17, 15) is 14.4 Å². The van der Waals surface area contributed by atoms with E-state index in [1.807, 2.05) is 0 Å². The first-order chi connectivity index (χ1) is 12.4. The van der Waals surface area contributed by atoms with Gasteiger partial charge in [-0.1, -0.05) is 12.1 Å². The molecule has 1 aliphatic heterocycles. The lowest BCUT2D eigenvalue weighted by atomic mass is 9.49. The molecule has 4 saturated carbocycles. The Morgan fingerprint density at radius 2 is 1.65 bits per heavy atom. The van der Waals surface area contributed by atoms with Crippen LogP contribution in [-0.2, 0) is 9.53 Å². The number of nitrogens with zero attached hydrogens (tertiary/aromatic N) is 1. The molecule has 0 aromatic heterocycles. The van der Waals surface area contributed by atoms with Gasteiger partial charge in [-0.05, 0) is 62.5 Å². The molecule has 6 rings (SSSR count). The van der Waals surface area contributed by atoms with Crippen molar-refractivity contribution < 1.29 is 19.1 Å². The molecule has 0 N–H and O–H groups in total. The molecule has 5 nitrogen and oxygen atoms in total. The molecule has 2 atom stereocenters. The first kappa shape index (κ1) is 16.3. The van der Waals surface area contributed by atoms with E-state index in [0.29, 0.717) is 29.4 Å². The predicted octanol–water partition coefficient (Wildman–Crippen LogP) is 3.36. The summed E-state index contributed by atoms with van der Waals surface area (Å²) in [4.78, 5) is 38.5. The lowest BCUT2D eigenvalue weighted by Crippen LogP contribution is -2.56. The zero-order valence-corrected chi connectivity index (χ0v) is 15.1. The van der Waals surface area contributed by atoms with Gasteiger partial charge in [-0.3, -0.25) is 14.4 Å². The molecule has 26 heavy (non-hydrogen) atoms. The van der Waals surface area contributed by atoms with E-state index in [-0.39, 0.29) is 17.6 Å². The topological polar surface area (TPSA) is 63.7 Å². The fourth-order valence-corrected chi connectivity index (χ4v) is 6.71. The number of alkyl halides is 1. The molecule has 2 amide bonds. The number of halogens is 1. The Morgan fingerprint density at radius 1 is 1.08 bits per heavy atom. The summed E-state index contributed by atoms with van der Waals surface area (Å²) in [5.74, 6) is -0.134. The Kier molecular flexibility index (Phi) is 3.34. The lowest BCUT2D eigenvalue weighted by Gasteiger charge is -2.58. The van der Waals surface area contributed by atoms with Gasteiger partial charge in [-0.25, -0.2) is 4.90 Å². The third kappa shape index (κ3) is 2.26. The Labute approximate surface area is 156 Å². The summed E-state index contributed by atoms with van der Waals surface area (Å²) in [5, 5.41) is 0. The highest BCUT2D eigenvalue weighted by Crippen LogP contribution is 2.64. The van der Waals surface area contributed by atoms with Gasteiger partial charge in [-0.2, -0.15) is 0 Å². The highest BCUT2D eigenvalue weighted by molar-refractivity contribution is 6.24.